The molecule has 0 aliphatic carbocycles. The molecule has 2 nitrogen and oxygen atoms in total. The summed E-state index contributed by atoms with van der Waals surface area (Å²) in [6, 6.07) is 3.63. The van der Waals surface area contributed by atoms with Crippen molar-refractivity contribution in [2.45, 2.75) is 25.9 Å². The molecule has 110 valence electrons. The van der Waals surface area contributed by atoms with Crippen molar-refractivity contribution in [2.75, 3.05) is 18.0 Å². The lowest BCUT2D eigenvalue weighted by molar-refractivity contribution is -0.137. The van der Waals surface area contributed by atoms with Crippen molar-refractivity contribution in [2.24, 2.45) is 11.7 Å². The largest absolute Gasteiger partial charge is 0.416 e. The molecule has 1 fully saturated rings. The molecule has 0 saturated carbocycles. The number of anilines is 1. The summed E-state index contributed by atoms with van der Waals surface area (Å²) in [5, 5.41) is 0. The smallest absolute Gasteiger partial charge is 0.389 e. The van der Waals surface area contributed by atoms with E-state index in [1.165, 1.54) is 6.07 Å². The molecule has 0 spiro atoms. The maximum absolute atomic E-state index is 12.8. The van der Waals surface area contributed by atoms with Crippen LogP contribution in [0, 0.1) is 5.92 Å². The van der Waals surface area contributed by atoms with E-state index in [2.05, 4.69) is 11.8 Å². The van der Waals surface area contributed by atoms with Crippen LogP contribution in [0.15, 0.2) is 18.2 Å². The van der Waals surface area contributed by atoms with Crippen LogP contribution in [-0.4, -0.2) is 18.1 Å². The van der Waals surface area contributed by atoms with Gasteiger partial charge in [0.1, 0.15) is 4.99 Å². The van der Waals surface area contributed by atoms with Crippen LogP contribution in [0.4, 0.5) is 18.9 Å². The number of piperidine rings is 1. The molecule has 2 rings (SSSR count). The molecule has 0 radical (unpaired) electrons. The molecule has 1 unspecified atom stereocenters. The number of nitrogens with two attached hydrogens (primary N) is 1. The summed E-state index contributed by atoms with van der Waals surface area (Å²) in [6.07, 6.45) is -2.22. The molecule has 1 heterocycles. The fourth-order valence-electron chi connectivity index (χ4n) is 2.59. The number of rotatable bonds is 2. The first kappa shape index (κ1) is 15.1. The second-order valence-corrected chi connectivity index (χ2v) is 5.73. The average Bonchev–Trinajstić information content (AvgIpc) is 2.37. The molecule has 0 amide bonds. The summed E-state index contributed by atoms with van der Waals surface area (Å²) >= 11 is 4.91. The Balaban J connectivity index is 2.40. The first-order chi connectivity index (χ1) is 9.29. The zero-order valence-electron chi connectivity index (χ0n) is 11.2. The third-order valence-corrected chi connectivity index (χ3v) is 3.81. The maximum Gasteiger partial charge on any atom is 0.416 e. The fraction of sp³-hybridized carbons (Fsp3) is 0.500. The lowest BCUT2D eigenvalue weighted by atomic mass is 9.98. The minimum Gasteiger partial charge on any atom is -0.389 e. The van der Waals surface area contributed by atoms with Crippen LogP contribution in [0.2, 0.25) is 0 Å². The van der Waals surface area contributed by atoms with Gasteiger partial charge in [-0.3, -0.25) is 0 Å². The van der Waals surface area contributed by atoms with Gasteiger partial charge in [0.05, 0.1) is 5.56 Å². The normalized spacial score (nSPS) is 20.0. The molecule has 0 aromatic heterocycles. The van der Waals surface area contributed by atoms with Gasteiger partial charge < -0.3 is 10.6 Å². The number of halogens is 3. The van der Waals surface area contributed by atoms with Gasteiger partial charge in [0, 0.05) is 24.3 Å². The number of nitrogens with zero attached hydrogens (tertiary/aromatic N) is 1. The van der Waals surface area contributed by atoms with Gasteiger partial charge in [-0.15, -0.1) is 0 Å². The second kappa shape index (κ2) is 5.60. The quantitative estimate of drug-likeness (QED) is 0.847. The number of benzene rings is 1. The van der Waals surface area contributed by atoms with E-state index in [1.807, 2.05) is 0 Å². The van der Waals surface area contributed by atoms with Crippen molar-refractivity contribution in [1.82, 2.24) is 0 Å². The predicted molar refractivity (Wildman–Crippen MR) is 77.9 cm³/mol. The van der Waals surface area contributed by atoms with Gasteiger partial charge in [0.25, 0.3) is 0 Å². The van der Waals surface area contributed by atoms with Crippen LogP contribution >= 0.6 is 12.2 Å². The van der Waals surface area contributed by atoms with Gasteiger partial charge in [-0.25, -0.2) is 0 Å². The van der Waals surface area contributed by atoms with Crippen molar-refractivity contribution in [3.63, 3.8) is 0 Å². The van der Waals surface area contributed by atoms with Crippen molar-refractivity contribution >= 4 is 22.9 Å². The lowest BCUT2D eigenvalue weighted by Crippen LogP contribution is -2.35. The molecule has 1 aromatic carbocycles. The molecule has 1 aromatic rings. The molecular formula is C14H17F3N2S. The van der Waals surface area contributed by atoms with E-state index in [1.54, 1.807) is 0 Å². The Bertz CT molecular complexity index is 514. The number of thiocarbonyl (C=S) groups is 1. The van der Waals surface area contributed by atoms with Gasteiger partial charge in [-0.05, 0) is 37.0 Å². The molecule has 2 N–H and O–H groups in total. The van der Waals surface area contributed by atoms with E-state index < -0.39 is 11.7 Å². The molecule has 1 aliphatic heterocycles. The third kappa shape index (κ3) is 3.23. The highest BCUT2D eigenvalue weighted by atomic mass is 32.1. The Labute approximate surface area is 121 Å². The monoisotopic (exact) mass is 302 g/mol. The molecule has 1 atom stereocenters. The van der Waals surface area contributed by atoms with Gasteiger partial charge in [0.15, 0.2) is 0 Å². The first-order valence-electron chi connectivity index (χ1n) is 6.55. The van der Waals surface area contributed by atoms with Crippen molar-refractivity contribution < 1.29 is 13.2 Å². The number of alkyl halides is 3. The summed E-state index contributed by atoms with van der Waals surface area (Å²) in [7, 11) is 0. The van der Waals surface area contributed by atoms with Gasteiger partial charge in [-0.1, -0.05) is 19.1 Å². The van der Waals surface area contributed by atoms with Crippen LogP contribution in [0.25, 0.3) is 0 Å². The summed E-state index contributed by atoms with van der Waals surface area (Å²) in [5.74, 6) is 0.519. The zero-order chi connectivity index (χ0) is 14.9. The topological polar surface area (TPSA) is 29.3 Å². The Hall–Kier alpha value is -1.30. The highest BCUT2D eigenvalue weighted by Crippen LogP contribution is 2.34. The van der Waals surface area contributed by atoms with Crippen LogP contribution in [0.3, 0.4) is 0 Å². The molecule has 1 saturated heterocycles. The van der Waals surface area contributed by atoms with Crippen molar-refractivity contribution in [3.8, 4) is 0 Å². The van der Waals surface area contributed by atoms with E-state index in [4.69, 9.17) is 18.0 Å². The van der Waals surface area contributed by atoms with Gasteiger partial charge >= 0.3 is 6.18 Å². The maximum atomic E-state index is 12.8. The van der Waals surface area contributed by atoms with Crippen molar-refractivity contribution in [3.05, 3.63) is 29.3 Å². The van der Waals surface area contributed by atoms with Crippen LogP contribution in [0.1, 0.15) is 30.9 Å². The van der Waals surface area contributed by atoms with Gasteiger partial charge in [0.2, 0.25) is 0 Å². The second-order valence-electron chi connectivity index (χ2n) is 5.29. The average molecular weight is 302 g/mol. The van der Waals surface area contributed by atoms with Crippen LogP contribution in [-0.2, 0) is 6.18 Å². The first-order valence-corrected chi connectivity index (χ1v) is 6.96. The number of hydrogen-bond acceptors (Lipinski definition) is 2. The highest BCUT2D eigenvalue weighted by Gasteiger charge is 2.32. The fourth-order valence-corrected chi connectivity index (χ4v) is 2.76. The molecule has 20 heavy (non-hydrogen) atoms. The predicted octanol–water partition coefficient (Wildman–Crippen LogP) is 3.58. The Morgan fingerprint density at radius 1 is 1.40 bits per heavy atom. The standard InChI is InChI=1S/C14H17F3N2S/c1-9-3-2-6-19(8-9)12-5-4-10(14(15,16)17)7-11(12)13(18)20/h4-5,7,9H,2-3,6,8H2,1H3,(H2,18,20). The summed E-state index contributed by atoms with van der Waals surface area (Å²) in [4.78, 5) is 2.08. The Kier molecular flexibility index (Phi) is 4.22. The molecule has 6 heteroatoms. The van der Waals surface area contributed by atoms with E-state index in [0.29, 0.717) is 17.2 Å². The van der Waals surface area contributed by atoms with E-state index in [9.17, 15) is 13.2 Å². The van der Waals surface area contributed by atoms with Crippen LogP contribution < -0.4 is 10.6 Å². The highest BCUT2D eigenvalue weighted by molar-refractivity contribution is 7.80. The summed E-state index contributed by atoms with van der Waals surface area (Å²) in [6.45, 7) is 3.78. The molecular weight excluding hydrogens is 285 g/mol. The lowest BCUT2D eigenvalue weighted by Gasteiger charge is -2.34. The third-order valence-electron chi connectivity index (χ3n) is 3.59. The summed E-state index contributed by atoms with van der Waals surface area (Å²) < 4.78 is 38.3. The number of hydrogen-bond donors (Lipinski definition) is 1. The summed E-state index contributed by atoms with van der Waals surface area (Å²) in [5.41, 5.74) is 5.91. The molecule has 1 aliphatic rings. The van der Waals surface area contributed by atoms with Crippen LogP contribution in [0.5, 0.6) is 0 Å². The van der Waals surface area contributed by atoms with Crippen molar-refractivity contribution in [1.29, 1.82) is 0 Å². The SMILES string of the molecule is CC1CCCN(c2ccc(C(F)(F)F)cc2C(N)=S)C1. The van der Waals surface area contributed by atoms with Gasteiger partial charge in [-0.2, -0.15) is 13.2 Å². The molecule has 0 bridgehead atoms. The minimum absolute atomic E-state index is 0.00401. The van der Waals surface area contributed by atoms with E-state index in [0.717, 1.165) is 38.1 Å². The minimum atomic E-state index is -4.38. The van der Waals surface area contributed by atoms with E-state index in [-0.39, 0.29) is 4.99 Å². The van der Waals surface area contributed by atoms with E-state index >= 15 is 0 Å². The Morgan fingerprint density at radius 3 is 2.65 bits per heavy atom. The Morgan fingerprint density at radius 2 is 2.10 bits per heavy atom. The zero-order valence-corrected chi connectivity index (χ0v) is 12.0.